The molecule has 1 atom stereocenters. The number of carbonyl (C=O) groups excluding carboxylic acids is 2. The van der Waals surface area contributed by atoms with Gasteiger partial charge in [-0.25, -0.2) is 0 Å². The van der Waals surface area contributed by atoms with Crippen LogP contribution in [0.4, 0.5) is 5.69 Å². The smallest absolute Gasteiger partial charge is 0.305 e. The highest BCUT2D eigenvalue weighted by Crippen LogP contribution is 2.22. The van der Waals surface area contributed by atoms with Crippen LogP contribution in [0.1, 0.15) is 25.8 Å². The number of hydrogen-bond donors (Lipinski definition) is 3. The first-order valence-electron chi connectivity index (χ1n) is 7.04. The van der Waals surface area contributed by atoms with E-state index in [4.69, 9.17) is 5.11 Å². The molecule has 0 aliphatic carbocycles. The van der Waals surface area contributed by atoms with Crippen molar-refractivity contribution in [3.8, 4) is 0 Å². The van der Waals surface area contributed by atoms with E-state index < -0.39 is 11.2 Å². The molecule has 0 unspecified atom stereocenters. The Labute approximate surface area is 142 Å². The number of nitrogens with one attached hydrogen (secondary N) is 2. The molecule has 1 saturated heterocycles. The molecule has 126 valence electrons. The van der Waals surface area contributed by atoms with E-state index >= 15 is 0 Å². The third-order valence-corrected chi connectivity index (χ3v) is 4.10. The highest BCUT2D eigenvalue weighted by Gasteiger charge is 2.32. The van der Waals surface area contributed by atoms with Crippen LogP contribution in [0.15, 0.2) is 34.5 Å². The summed E-state index contributed by atoms with van der Waals surface area (Å²) in [5.41, 5.74) is 2.00. The Morgan fingerprint density at radius 3 is 2.79 bits per heavy atom. The largest absolute Gasteiger partial charge is 0.481 e. The summed E-state index contributed by atoms with van der Waals surface area (Å²) in [4.78, 5) is 33.4. The molecule has 1 heterocycles. The third-order valence-electron chi connectivity index (χ3n) is 3.03. The van der Waals surface area contributed by atoms with Crippen molar-refractivity contribution in [3.63, 3.8) is 0 Å². The van der Waals surface area contributed by atoms with E-state index in [9.17, 15) is 14.4 Å². The molecule has 3 N–H and O–H groups in total. The quantitative estimate of drug-likeness (QED) is 0.549. The summed E-state index contributed by atoms with van der Waals surface area (Å²) in [6, 6.07) is 7.11. The van der Waals surface area contributed by atoms with Gasteiger partial charge in [0.05, 0.1) is 12.1 Å². The van der Waals surface area contributed by atoms with Crippen LogP contribution in [0.5, 0.6) is 0 Å². The van der Waals surface area contributed by atoms with Gasteiger partial charge in [0.1, 0.15) is 5.25 Å². The lowest BCUT2D eigenvalue weighted by atomic mass is 10.1. The van der Waals surface area contributed by atoms with Crippen molar-refractivity contribution in [2.24, 2.45) is 10.2 Å². The molecule has 0 radical (unpaired) electrons. The number of hydrogen-bond acceptors (Lipinski definition) is 6. The average Bonchev–Trinajstić information content (AvgIpc) is 2.84. The fraction of sp³-hybridized carbons (Fsp3) is 0.267. The van der Waals surface area contributed by atoms with Gasteiger partial charge in [-0.05, 0) is 24.6 Å². The Bertz CT molecular complexity index is 745. The minimum atomic E-state index is -1.04. The van der Waals surface area contributed by atoms with Gasteiger partial charge in [0.2, 0.25) is 11.8 Å². The van der Waals surface area contributed by atoms with Crippen LogP contribution in [0.25, 0.3) is 0 Å². The second-order valence-corrected chi connectivity index (χ2v) is 6.24. The van der Waals surface area contributed by atoms with Crippen LogP contribution in [-0.4, -0.2) is 39.0 Å². The molecular formula is C15H16N4O4S. The van der Waals surface area contributed by atoms with Gasteiger partial charge in [-0.15, -0.1) is 5.10 Å². The number of aliphatic carboxylic acids is 1. The van der Waals surface area contributed by atoms with E-state index in [1.165, 1.54) is 6.92 Å². The van der Waals surface area contributed by atoms with Gasteiger partial charge in [-0.3, -0.25) is 14.4 Å². The molecule has 1 aliphatic rings. The summed E-state index contributed by atoms with van der Waals surface area (Å²) >= 11 is 1.04. The normalized spacial score (nSPS) is 19.2. The first-order chi connectivity index (χ1) is 11.3. The lowest BCUT2D eigenvalue weighted by Gasteiger charge is -2.04. The predicted molar refractivity (Wildman–Crippen MR) is 92.2 cm³/mol. The van der Waals surface area contributed by atoms with Crippen LogP contribution in [0, 0.1) is 0 Å². The second kappa shape index (κ2) is 7.73. The Balaban J connectivity index is 2.10. The number of carboxylic acid groups (broad SMARTS) is 1. The van der Waals surface area contributed by atoms with Gasteiger partial charge in [0.25, 0.3) is 0 Å². The number of amidine groups is 1. The summed E-state index contributed by atoms with van der Waals surface area (Å²) in [6.07, 6.45) is -0.267. The maximum Gasteiger partial charge on any atom is 0.305 e. The van der Waals surface area contributed by atoms with E-state index in [1.54, 1.807) is 25.1 Å². The van der Waals surface area contributed by atoms with Gasteiger partial charge >= 0.3 is 5.97 Å². The number of anilines is 1. The van der Waals surface area contributed by atoms with Crippen LogP contribution >= 0.6 is 11.8 Å². The Hall–Kier alpha value is -2.68. The second-order valence-electron chi connectivity index (χ2n) is 5.05. The summed E-state index contributed by atoms with van der Waals surface area (Å²) in [5.74, 6) is -1.60. The Morgan fingerprint density at radius 1 is 1.38 bits per heavy atom. The number of carboxylic acids is 1. The minimum Gasteiger partial charge on any atom is -0.481 e. The van der Waals surface area contributed by atoms with Crippen molar-refractivity contribution in [1.82, 2.24) is 5.32 Å². The Morgan fingerprint density at radius 2 is 2.12 bits per heavy atom. The van der Waals surface area contributed by atoms with Gasteiger partial charge in [-0.1, -0.05) is 23.9 Å². The first-order valence-corrected chi connectivity index (χ1v) is 7.92. The molecule has 9 heteroatoms. The van der Waals surface area contributed by atoms with Crippen molar-refractivity contribution in [2.45, 2.75) is 25.5 Å². The lowest BCUT2D eigenvalue weighted by Crippen LogP contribution is -2.26. The number of amides is 2. The maximum atomic E-state index is 11.6. The van der Waals surface area contributed by atoms with E-state index in [-0.39, 0.29) is 23.4 Å². The monoisotopic (exact) mass is 348 g/mol. The van der Waals surface area contributed by atoms with Crippen molar-refractivity contribution < 1.29 is 19.5 Å². The first kappa shape index (κ1) is 17.7. The number of benzene rings is 1. The molecule has 24 heavy (non-hydrogen) atoms. The molecule has 2 rings (SSSR count). The maximum absolute atomic E-state index is 11.6. The van der Waals surface area contributed by atoms with Crippen molar-refractivity contribution in [1.29, 1.82) is 0 Å². The third kappa shape index (κ3) is 4.92. The van der Waals surface area contributed by atoms with E-state index in [1.807, 2.05) is 6.07 Å². The standard InChI is InChI=1S/C15H16N4O4S/c1-8(10-4-3-5-11(6-10)16-9(2)20)18-19-15-17-14(23)12(24-15)7-13(21)22/h3-6,12H,7H2,1-2H3,(H,16,20)(H,21,22)(H,17,19,23)/t12-/m1/s1. The van der Waals surface area contributed by atoms with Gasteiger partial charge in [-0.2, -0.15) is 5.10 Å². The number of nitrogens with zero attached hydrogens (tertiary/aromatic N) is 2. The van der Waals surface area contributed by atoms with Crippen molar-refractivity contribution >= 4 is 46.1 Å². The number of rotatable bonds is 5. The molecule has 0 saturated carbocycles. The fourth-order valence-corrected chi connectivity index (χ4v) is 2.86. The highest BCUT2D eigenvalue weighted by molar-refractivity contribution is 8.15. The molecule has 0 aromatic heterocycles. The van der Waals surface area contributed by atoms with Crippen molar-refractivity contribution in [3.05, 3.63) is 29.8 Å². The zero-order valence-corrected chi connectivity index (χ0v) is 13.9. The molecule has 0 bridgehead atoms. The zero-order valence-electron chi connectivity index (χ0n) is 13.1. The average molecular weight is 348 g/mol. The molecular weight excluding hydrogens is 332 g/mol. The van der Waals surface area contributed by atoms with Gasteiger partial charge < -0.3 is 15.7 Å². The predicted octanol–water partition coefficient (Wildman–Crippen LogP) is 1.43. The van der Waals surface area contributed by atoms with E-state index in [0.717, 1.165) is 17.3 Å². The summed E-state index contributed by atoms with van der Waals surface area (Å²) < 4.78 is 0. The van der Waals surface area contributed by atoms with Crippen molar-refractivity contribution in [2.75, 3.05) is 5.32 Å². The lowest BCUT2D eigenvalue weighted by molar-refractivity contribution is -0.138. The van der Waals surface area contributed by atoms with E-state index in [2.05, 4.69) is 20.8 Å². The Kier molecular flexibility index (Phi) is 5.69. The number of carbonyl (C=O) groups is 3. The molecule has 8 nitrogen and oxygen atoms in total. The molecule has 1 fully saturated rings. The fourth-order valence-electron chi connectivity index (χ4n) is 1.95. The SMILES string of the molecule is CC(=O)Nc1cccc(C(C)=NN=C2NC(=O)[C@@H](CC(=O)O)S2)c1. The number of thioether (sulfide) groups is 1. The van der Waals surface area contributed by atoms with Crippen LogP contribution in [-0.2, 0) is 14.4 Å². The van der Waals surface area contributed by atoms with Crippen LogP contribution in [0.3, 0.4) is 0 Å². The van der Waals surface area contributed by atoms with Gasteiger partial charge in [0, 0.05) is 12.6 Å². The topological polar surface area (TPSA) is 120 Å². The summed E-state index contributed by atoms with van der Waals surface area (Å²) in [6.45, 7) is 3.17. The molecule has 1 aromatic rings. The van der Waals surface area contributed by atoms with Crippen LogP contribution < -0.4 is 10.6 Å². The molecule has 1 aromatic carbocycles. The highest BCUT2D eigenvalue weighted by atomic mass is 32.2. The van der Waals surface area contributed by atoms with Gasteiger partial charge in [0.15, 0.2) is 5.17 Å². The molecule has 0 spiro atoms. The molecule has 2 amide bonds. The van der Waals surface area contributed by atoms with E-state index in [0.29, 0.717) is 11.4 Å². The summed E-state index contributed by atoms with van der Waals surface area (Å²) in [5, 5.41) is 21.5. The zero-order chi connectivity index (χ0) is 17.7. The molecule has 1 aliphatic heterocycles. The minimum absolute atomic E-state index is 0.170. The summed E-state index contributed by atoms with van der Waals surface area (Å²) in [7, 11) is 0. The van der Waals surface area contributed by atoms with Crippen LogP contribution in [0.2, 0.25) is 0 Å².